The smallest absolute Gasteiger partial charge is 0.175 e. The van der Waals surface area contributed by atoms with E-state index in [2.05, 4.69) is 0 Å². The summed E-state index contributed by atoms with van der Waals surface area (Å²) in [7, 11) is 0. The van der Waals surface area contributed by atoms with Crippen LogP contribution in [0.3, 0.4) is 0 Å². The molecule has 0 unspecified atom stereocenters. The summed E-state index contributed by atoms with van der Waals surface area (Å²) >= 11 is 0. The molecule has 0 aromatic carbocycles. The molecular formula is C9H14O3. The highest BCUT2D eigenvalue weighted by atomic mass is 16.7. The molecule has 0 aromatic heterocycles. The van der Waals surface area contributed by atoms with Crippen LogP contribution in [0.4, 0.5) is 0 Å². The number of rotatable bonds is 0. The quantitative estimate of drug-likeness (QED) is 0.549. The summed E-state index contributed by atoms with van der Waals surface area (Å²) in [4.78, 5) is 11.2. The molecule has 0 bridgehead atoms. The first kappa shape index (κ1) is 8.20. The standard InChI is InChI=1S/C9H14O3/c10-8-3-1-4-9(7-8)11-5-2-6-12-9/h1-7H2. The number of Topliss-reactive ketones (excluding diaryl/α,β-unsaturated/α-hetero) is 1. The minimum absolute atomic E-state index is 0.281. The van der Waals surface area contributed by atoms with Gasteiger partial charge in [0, 0.05) is 12.8 Å². The Hall–Kier alpha value is -0.410. The van der Waals surface area contributed by atoms with Crippen molar-refractivity contribution in [2.45, 2.75) is 37.9 Å². The van der Waals surface area contributed by atoms with Crippen molar-refractivity contribution < 1.29 is 14.3 Å². The number of hydrogen-bond donors (Lipinski definition) is 0. The lowest BCUT2D eigenvalue weighted by Crippen LogP contribution is -2.44. The molecule has 0 aromatic rings. The summed E-state index contributed by atoms with van der Waals surface area (Å²) in [5.41, 5.74) is 0. The van der Waals surface area contributed by atoms with Crippen molar-refractivity contribution >= 4 is 5.78 Å². The van der Waals surface area contributed by atoms with E-state index in [0.29, 0.717) is 12.8 Å². The number of ether oxygens (including phenoxy) is 2. The summed E-state index contributed by atoms with van der Waals surface area (Å²) in [6.45, 7) is 1.49. The van der Waals surface area contributed by atoms with Crippen LogP contribution in [0.2, 0.25) is 0 Å². The molecule has 0 amide bonds. The Morgan fingerprint density at radius 1 is 1.17 bits per heavy atom. The van der Waals surface area contributed by atoms with Crippen LogP contribution < -0.4 is 0 Å². The van der Waals surface area contributed by atoms with Gasteiger partial charge in [-0.25, -0.2) is 0 Å². The second-order valence-corrected chi connectivity index (χ2v) is 3.53. The molecule has 68 valence electrons. The van der Waals surface area contributed by atoms with Crippen LogP contribution in [-0.2, 0) is 14.3 Å². The van der Waals surface area contributed by atoms with Gasteiger partial charge in [-0.15, -0.1) is 0 Å². The van der Waals surface area contributed by atoms with E-state index in [4.69, 9.17) is 9.47 Å². The van der Waals surface area contributed by atoms with E-state index in [9.17, 15) is 4.79 Å². The van der Waals surface area contributed by atoms with Crippen LogP contribution in [0.5, 0.6) is 0 Å². The Labute approximate surface area is 72.0 Å². The Morgan fingerprint density at radius 3 is 2.58 bits per heavy atom. The van der Waals surface area contributed by atoms with E-state index < -0.39 is 5.79 Å². The summed E-state index contributed by atoms with van der Waals surface area (Å²) in [5, 5.41) is 0. The third kappa shape index (κ3) is 1.52. The van der Waals surface area contributed by atoms with Gasteiger partial charge in [0.1, 0.15) is 5.78 Å². The van der Waals surface area contributed by atoms with Crippen molar-refractivity contribution in [3.8, 4) is 0 Å². The van der Waals surface area contributed by atoms with Crippen LogP contribution in [0.25, 0.3) is 0 Å². The molecular weight excluding hydrogens is 156 g/mol. The third-order valence-electron chi connectivity index (χ3n) is 2.50. The molecule has 3 heteroatoms. The largest absolute Gasteiger partial charge is 0.349 e. The molecule has 2 fully saturated rings. The van der Waals surface area contributed by atoms with Gasteiger partial charge in [-0.2, -0.15) is 0 Å². The van der Waals surface area contributed by atoms with Gasteiger partial charge < -0.3 is 9.47 Å². The maximum Gasteiger partial charge on any atom is 0.175 e. The van der Waals surface area contributed by atoms with E-state index in [1.807, 2.05) is 0 Å². The van der Waals surface area contributed by atoms with Gasteiger partial charge >= 0.3 is 0 Å². The van der Waals surface area contributed by atoms with Gasteiger partial charge in [0.25, 0.3) is 0 Å². The Kier molecular flexibility index (Phi) is 2.15. The van der Waals surface area contributed by atoms with Crippen LogP contribution in [-0.4, -0.2) is 24.8 Å². The van der Waals surface area contributed by atoms with Crippen LogP contribution in [0, 0.1) is 0 Å². The lowest BCUT2D eigenvalue weighted by Gasteiger charge is -2.39. The Balaban J connectivity index is 2.02. The van der Waals surface area contributed by atoms with Crippen LogP contribution in [0.15, 0.2) is 0 Å². The predicted octanol–water partition coefficient (Wildman–Crippen LogP) is 1.26. The van der Waals surface area contributed by atoms with Gasteiger partial charge in [-0.1, -0.05) is 0 Å². The highest BCUT2D eigenvalue weighted by molar-refractivity contribution is 5.80. The lowest BCUT2D eigenvalue weighted by atomic mass is 9.92. The highest BCUT2D eigenvalue weighted by Crippen LogP contribution is 2.33. The number of ketones is 1. The predicted molar refractivity (Wildman–Crippen MR) is 42.7 cm³/mol. The third-order valence-corrected chi connectivity index (χ3v) is 2.50. The molecule has 2 rings (SSSR count). The Bertz CT molecular complexity index is 177. The number of carbonyl (C=O) groups is 1. The van der Waals surface area contributed by atoms with E-state index in [1.54, 1.807) is 0 Å². The molecule has 3 nitrogen and oxygen atoms in total. The van der Waals surface area contributed by atoms with Crippen LogP contribution >= 0.6 is 0 Å². The van der Waals surface area contributed by atoms with Gasteiger partial charge in [-0.05, 0) is 12.8 Å². The van der Waals surface area contributed by atoms with Crippen molar-refractivity contribution in [3.05, 3.63) is 0 Å². The summed E-state index contributed by atoms with van der Waals surface area (Å²) < 4.78 is 11.1. The SMILES string of the molecule is O=C1CCCC2(C1)OCCCO2. The molecule has 1 saturated heterocycles. The van der Waals surface area contributed by atoms with Crippen LogP contribution in [0.1, 0.15) is 32.1 Å². The first-order valence-electron chi connectivity index (χ1n) is 4.60. The van der Waals surface area contributed by atoms with Crippen molar-refractivity contribution in [2.24, 2.45) is 0 Å². The number of hydrogen-bond acceptors (Lipinski definition) is 3. The van der Waals surface area contributed by atoms with E-state index in [1.165, 1.54) is 0 Å². The zero-order valence-electron chi connectivity index (χ0n) is 7.17. The summed E-state index contributed by atoms with van der Waals surface area (Å²) in [6, 6.07) is 0. The Morgan fingerprint density at radius 2 is 1.92 bits per heavy atom. The van der Waals surface area contributed by atoms with Gasteiger partial charge in [-0.3, -0.25) is 4.79 Å². The monoisotopic (exact) mass is 170 g/mol. The van der Waals surface area contributed by atoms with Crippen molar-refractivity contribution in [1.29, 1.82) is 0 Å². The molecule has 0 atom stereocenters. The second-order valence-electron chi connectivity index (χ2n) is 3.53. The first-order valence-corrected chi connectivity index (χ1v) is 4.60. The van der Waals surface area contributed by atoms with E-state index in [0.717, 1.165) is 32.5 Å². The van der Waals surface area contributed by atoms with Gasteiger partial charge in [0.2, 0.25) is 0 Å². The maximum atomic E-state index is 11.2. The molecule has 1 aliphatic carbocycles. The number of carbonyl (C=O) groups excluding carboxylic acids is 1. The lowest BCUT2D eigenvalue weighted by molar-refractivity contribution is -0.274. The second kappa shape index (κ2) is 3.15. The van der Waals surface area contributed by atoms with Crippen molar-refractivity contribution in [2.75, 3.05) is 13.2 Å². The normalized spacial score (nSPS) is 29.2. The zero-order valence-corrected chi connectivity index (χ0v) is 7.17. The van der Waals surface area contributed by atoms with Gasteiger partial charge in [0.15, 0.2) is 5.79 Å². The molecule has 1 saturated carbocycles. The van der Waals surface area contributed by atoms with E-state index in [-0.39, 0.29) is 5.78 Å². The molecule has 1 aliphatic heterocycles. The fraction of sp³-hybridized carbons (Fsp3) is 0.889. The first-order chi connectivity index (χ1) is 5.81. The highest BCUT2D eigenvalue weighted by Gasteiger charge is 2.39. The maximum absolute atomic E-state index is 11.2. The average Bonchev–Trinajstić information content (AvgIpc) is 2.05. The zero-order chi connectivity index (χ0) is 8.44. The molecule has 0 N–H and O–H groups in total. The topological polar surface area (TPSA) is 35.5 Å². The molecule has 0 radical (unpaired) electrons. The average molecular weight is 170 g/mol. The molecule has 2 aliphatic rings. The fourth-order valence-electron chi connectivity index (χ4n) is 1.90. The van der Waals surface area contributed by atoms with Gasteiger partial charge in [0.05, 0.1) is 19.6 Å². The summed E-state index contributed by atoms with van der Waals surface area (Å²) in [5.74, 6) is -0.240. The minimum Gasteiger partial charge on any atom is -0.349 e. The van der Waals surface area contributed by atoms with Crippen molar-refractivity contribution in [1.82, 2.24) is 0 Å². The molecule has 12 heavy (non-hydrogen) atoms. The molecule has 1 heterocycles. The minimum atomic E-state index is -0.520. The van der Waals surface area contributed by atoms with Crippen molar-refractivity contribution in [3.63, 3.8) is 0 Å². The molecule has 1 spiro atoms. The van der Waals surface area contributed by atoms with E-state index >= 15 is 0 Å². The fourth-order valence-corrected chi connectivity index (χ4v) is 1.90. The summed E-state index contributed by atoms with van der Waals surface area (Å²) in [6.07, 6.45) is 3.93.